The minimum absolute atomic E-state index is 0.159. The van der Waals surface area contributed by atoms with E-state index in [-0.39, 0.29) is 6.54 Å². The molecule has 0 bridgehead atoms. The minimum atomic E-state index is -0.662. The third-order valence-electron chi connectivity index (χ3n) is 5.30. The maximum atomic E-state index is 11.8. The van der Waals surface area contributed by atoms with Crippen molar-refractivity contribution in [2.75, 3.05) is 19.6 Å². The fraction of sp³-hybridized carbons (Fsp3) is 0.565. The lowest BCUT2D eigenvalue weighted by Crippen LogP contribution is -2.43. The molecule has 1 aromatic carbocycles. The number of benzene rings is 1. The summed E-state index contributed by atoms with van der Waals surface area (Å²) in [6.07, 6.45) is 1.32. The number of aromatic nitrogens is 1. The normalized spacial score (nSPS) is 15.3. The molecule has 0 saturated heterocycles. The molecule has 31 heavy (non-hydrogen) atoms. The summed E-state index contributed by atoms with van der Waals surface area (Å²) in [5.74, 6) is 0.870. The lowest BCUT2D eigenvalue weighted by atomic mass is 9.94. The van der Waals surface area contributed by atoms with Gasteiger partial charge < -0.3 is 24.4 Å². The molecule has 8 heteroatoms. The number of aliphatic hydroxyl groups is 1. The van der Waals surface area contributed by atoms with Crippen LogP contribution in [0.4, 0.5) is 4.79 Å². The maximum absolute atomic E-state index is 11.8. The summed E-state index contributed by atoms with van der Waals surface area (Å²) in [6, 6.07) is 4.09. The number of alkyl carbamates (subject to hydrolysis) is 1. The smallest absolute Gasteiger partial charge is 0.407 e. The van der Waals surface area contributed by atoms with Crippen molar-refractivity contribution < 1.29 is 23.9 Å². The van der Waals surface area contributed by atoms with Gasteiger partial charge >= 0.3 is 6.09 Å². The molecule has 1 aliphatic heterocycles. The maximum Gasteiger partial charge on any atom is 0.407 e. The summed E-state index contributed by atoms with van der Waals surface area (Å²) < 4.78 is 16.2. The number of hydrogen-bond donors (Lipinski definition) is 2. The van der Waals surface area contributed by atoms with E-state index in [1.807, 2.05) is 33.8 Å². The fourth-order valence-electron chi connectivity index (χ4n) is 3.67. The highest BCUT2D eigenvalue weighted by Crippen LogP contribution is 2.30. The number of nitrogens with zero attached hydrogens (tertiary/aromatic N) is 2. The van der Waals surface area contributed by atoms with Crippen LogP contribution in [0.2, 0.25) is 0 Å². The van der Waals surface area contributed by atoms with Crippen molar-refractivity contribution in [1.82, 2.24) is 15.4 Å². The lowest BCUT2D eigenvalue weighted by molar-refractivity contribution is 0.0464. The number of aliphatic hydroxyl groups excluding tert-OH is 1. The molecule has 2 aromatic rings. The molecule has 0 aliphatic carbocycles. The van der Waals surface area contributed by atoms with Crippen LogP contribution in [0.3, 0.4) is 0 Å². The van der Waals surface area contributed by atoms with Gasteiger partial charge in [-0.1, -0.05) is 11.2 Å². The first-order valence-electron chi connectivity index (χ1n) is 10.6. The number of aryl methyl sites for hydroxylation is 1. The molecule has 1 aromatic heterocycles. The monoisotopic (exact) mass is 431 g/mol. The SMILES string of the molecule is Cc1nocc1COc1ccc2c(c1C)CCN(CC(O)CNC(=O)OC(C)(C)C)C2. The Bertz CT molecular complexity index is 903. The number of ether oxygens (including phenoxy) is 2. The number of rotatable bonds is 7. The first kappa shape index (κ1) is 23.1. The lowest BCUT2D eigenvalue weighted by Gasteiger charge is -2.31. The third kappa shape index (κ3) is 6.45. The number of amides is 1. The molecular formula is C23H33N3O5. The van der Waals surface area contributed by atoms with Crippen LogP contribution in [-0.4, -0.2) is 52.6 Å². The van der Waals surface area contributed by atoms with Gasteiger partial charge in [-0.2, -0.15) is 0 Å². The summed E-state index contributed by atoms with van der Waals surface area (Å²) in [5, 5.41) is 16.8. The molecule has 1 unspecified atom stereocenters. The molecule has 3 rings (SSSR count). The first-order chi connectivity index (χ1) is 14.6. The highest BCUT2D eigenvalue weighted by Gasteiger charge is 2.22. The summed E-state index contributed by atoms with van der Waals surface area (Å²) in [7, 11) is 0. The largest absolute Gasteiger partial charge is 0.488 e. The minimum Gasteiger partial charge on any atom is -0.488 e. The van der Waals surface area contributed by atoms with Gasteiger partial charge in [0, 0.05) is 26.2 Å². The molecule has 1 amide bonds. The summed E-state index contributed by atoms with van der Waals surface area (Å²) in [4.78, 5) is 14.0. The van der Waals surface area contributed by atoms with Crippen molar-refractivity contribution in [2.24, 2.45) is 0 Å². The van der Waals surface area contributed by atoms with Gasteiger partial charge in [-0.25, -0.2) is 4.79 Å². The van der Waals surface area contributed by atoms with Crippen molar-refractivity contribution in [3.63, 3.8) is 0 Å². The quantitative estimate of drug-likeness (QED) is 0.695. The topological polar surface area (TPSA) is 97.1 Å². The van der Waals surface area contributed by atoms with Gasteiger partial charge in [0.25, 0.3) is 0 Å². The zero-order chi connectivity index (χ0) is 22.6. The Labute approximate surface area is 183 Å². The van der Waals surface area contributed by atoms with Crippen LogP contribution in [0.1, 0.15) is 48.7 Å². The Balaban J connectivity index is 1.52. The van der Waals surface area contributed by atoms with Crippen LogP contribution < -0.4 is 10.1 Å². The second kappa shape index (κ2) is 9.70. The highest BCUT2D eigenvalue weighted by atomic mass is 16.6. The van der Waals surface area contributed by atoms with Gasteiger partial charge in [-0.3, -0.25) is 4.90 Å². The van der Waals surface area contributed by atoms with Crippen LogP contribution in [0.25, 0.3) is 0 Å². The van der Waals surface area contributed by atoms with Crippen molar-refractivity contribution in [3.05, 3.63) is 46.3 Å². The number of carbonyl (C=O) groups is 1. The Morgan fingerprint density at radius 3 is 2.81 bits per heavy atom. The predicted octanol–water partition coefficient (Wildman–Crippen LogP) is 3.11. The Morgan fingerprint density at radius 1 is 1.35 bits per heavy atom. The molecule has 0 saturated carbocycles. The van der Waals surface area contributed by atoms with E-state index >= 15 is 0 Å². The third-order valence-corrected chi connectivity index (χ3v) is 5.30. The van der Waals surface area contributed by atoms with Crippen molar-refractivity contribution in [2.45, 2.75) is 65.9 Å². The number of fused-ring (bicyclic) bond motifs is 1. The van der Waals surface area contributed by atoms with E-state index in [1.165, 1.54) is 11.1 Å². The average Bonchev–Trinajstić information content (AvgIpc) is 3.09. The fourth-order valence-corrected chi connectivity index (χ4v) is 3.67. The van der Waals surface area contributed by atoms with Gasteiger partial charge in [-0.15, -0.1) is 0 Å². The predicted molar refractivity (Wildman–Crippen MR) is 116 cm³/mol. The average molecular weight is 432 g/mol. The van der Waals surface area contributed by atoms with Crippen LogP contribution >= 0.6 is 0 Å². The molecule has 0 fully saturated rings. The van der Waals surface area contributed by atoms with Crippen LogP contribution in [0.5, 0.6) is 5.75 Å². The number of hydrogen-bond acceptors (Lipinski definition) is 7. The van der Waals surface area contributed by atoms with Crippen molar-refractivity contribution in [3.8, 4) is 5.75 Å². The number of nitrogens with one attached hydrogen (secondary N) is 1. The molecule has 0 radical (unpaired) electrons. The zero-order valence-electron chi connectivity index (χ0n) is 19.0. The number of carbonyl (C=O) groups excluding carboxylic acids is 1. The Kier molecular flexibility index (Phi) is 7.23. The van der Waals surface area contributed by atoms with E-state index in [9.17, 15) is 9.90 Å². The summed E-state index contributed by atoms with van der Waals surface area (Å²) >= 11 is 0. The van der Waals surface area contributed by atoms with Crippen LogP contribution in [0.15, 0.2) is 22.9 Å². The zero-order valence-corrected chi connectivity index (χ0v) is 19.0. The van der Waals surface area contributed by atoms with E-state index in [4.69, 9.17) is 14.0 Å². The summed E-state index contributed by atoms with van der Waals surface area (Å²) in [5.41, 5.74) is 4.92. The molecular weight excluding hydrogens is 398 g/mol. The Hall–Kier alpha value is -2.58. The van der Waals surface area contributed by atoms with E-state index in [1.54, 1.807) is 6.26 Å². The number of β-amino-alcohol motifs (C(OH)–C–C–N with tert-alkyl or cyclic N) is 1. The van der Waals surface area contributed by atoms with Crippen molar-refractivity contribution in [1.29, 1.82) is 0 Å². The molecule has 2 N–H and O–H groups in total. The van der Waals surface area contributed by atoms with E-state index < -0.39 is 17.8 Å². The van der Waals surface area contributed by atoms with Crippen LogP contribution in [0, 0.1) is 13.8 Å². The van der Waals surface area contributed by atoms with Gasteiger partial charge in [0.1, 0.15) is 24.2 Å². The molecule has 8 nitrogen and oxygen atoms in total. The highest BCUT2D eigenvalue weighted by molar-refractivity contribution is 5.67. The molecule has 1 atom stereocenters. The summed E-state index contributed by atoms with van der Waals surface area (Å²) in [6.45, 7) is 12.1. The van der Waals surface area contributed by atoms with E-state index in [0.29, 0.717) is 13.2 Å². The van der Waals surface area contributed by atoms with Gasteiger partial charge in [0.2, 0.25) is 0 Å². The van der Waals surface area contributed by atoms with E-state index in [0.717, 1.165) is 42.1 Å². The molecule has 1 aliphatic rings. The second-order valence-electron chi connectivity index (χ2n) is 9.06. The molecule has 170 valence electrons. The second-order valence-corrected chi connectivity index (χ2v) is 9.06. The molecule has 0 spiro atoms. The first-order valence-corrected chi connectivity index (χ1v) is 10.6. The van der Waals surface area contributed by atoms with Crippen LogP contribution in [-0.2, 0) is 24.3 Å². The Morgan fingerprint density at radius 2 is 2.13 bits per heavy atom. The van der Waals surface area contributed by atoms with E-state index in [2.05, 4.69) is 28.4 Å². The van der Waals surface area contributed by atoms with Gasteiger partial charge in [-0.05, 0) is 63.8 Å². The van der Waals surface area contributed by atoms with Gasteiger partial charge in [0.05, 0.1) is 17.4 Å². The van der Waals surface area contributed by atoms with Crippen molar-refractivity contribution >= 4 is 6.09 Å². The molecule has 2 heterocycles. The van der Waals surface area contributed by atoms with Gasteiger partial charge in [0.15, 0.2) is 0 Å². The standard InChI is InChI=1S/C23H33N3O5/c1-15-20-8-9-26(12-19(27)10-24-22(28)31-23(3,4)5)11-17(20)6-7-21(15)29-13-18-14-30-25-16(18)2/h6-7,14,19,27H,8-13H2,1-5H3,(H,24,28).